The number of amides is 1. The van der Waals surface area contributed by atoms with Gasteiger partial charge in [0.2, 0.25) is 5.95 Å². The van der Waals surface area contributed by atoms with Crippen LogP contribution in [0.25, 0.3) is 22.2 Å². The zero-order valence-electron chi connectivity index (χ0n) is 25.4. The van der Waals surface area contributed by atoms with Gasteiger partial charge in [-0.1, -0.05) is 23.7 Å². The van der Waals surface area contributed by atoms with Gasteiger partial charge >= 0.3 is 0 Å². The number of rotatable bonds is 11. The van der Waals surface area contributed by atoms with Crippen molar-refractivity contribution >= 4 is 40.2 Å². The number of nitrogens with zero attached hydrogens (tertiary/aromatic N) is 4. The molecule has 228 valence electrons. The molecule has 0 aliphatic rings. The summed E-state index contributed by atoms with van der Waals surface area (Å²) >= 11 is 6.66. The van der Waals surface area contributed by atoms with E-state index in [1.165, 1.54) is 14.2 Å². The van der Waals surface area contributed by atoms with Crippen molar-refractivity contribution in [2.24, 2.45) is 0 Å². The second-order valence-electron chi connectivity index (χ2n) is 10.5. The van der Waals surface area contributed by atoms with Gasteiger partial charge < -0.3 is 25.4 Å². The highest BCUT2D eigenvalue weighted by Crippen LogP contribution is 2.38. The van der Waals surface area contributed by atoms with Gasteiger partial charge in [-0.2, -0.15) is 10.2 Å². The maximum absolute atomic E-state index is 14.0. The fourth-order valence-corrected chi connectivity index (χ4v) is 4.78. The molecule has 0 spiro atoms. The number of hydrogen-bond acceptors (Lipinski definition) is 9. The number of benzene rings is 2. The summed E-state index contributed by atoms with van der Waals surface area (Å²) < 4.78 is 12.4. The summed E-state index contributed by atoms with van der Waals surface area (Å²) in [5.74, 6) is 0.753. The average molecular weight is 616 g/mol. The van der Waals surface area contributed by atoms with E-state index in [9.17, 15) is 14.9 Å². The van der Waals surface area contributed by atoms with Crippen LogP contribution >= 0.6 is 11.6 Å². The van der Waals surface area contributed by atoms with Crippen LogP contribution < -0.4 is 31.0 Å². The summed E-state index contributed by atoms with van der Waals surface area (Å²) in [4.78, 5) is 35.6. The number of fused-ring (bicyclic) bond motifs is 1. The first kappa shape index (κ1) is 32.0. The molecule has 4 rings (SSSR count). The lowest BCUT2D eigenvalue weighted by molar-refractivity contribution is -0.112. The number of carbonyl (C=O) groups is 1. The number of methoxy groups -OCH3 is 2. The number of nitriles is 1. The predicted molar refractivity (Wildman–Crippen MR) is 173 cm³/mol. The van der Waals surface area contributed by atoms with Crippen LogP contribution in [-0.4, -0.2) is 54.3 Å². The van der Waals surface area contributed by atoms with E-state index in [0.717, 1.165) is 5.56 Å². The SMILES string of the molecule is CNc1ncc2cc(-c3cc(OC)cc(OC)c3Cl)c(=O)n(CCc3ccc(NC(=O)C(C#N)=CC(C)(C)NC)cc3)c2n1. The van der Waals surface area contributed by atoms with Crippen molar-refractivity contribution in [3.8, 4) is 28.7 Å². The molecule has 2 aromatic heterocycles. The van der Waals surface area contributed by atoms with Gasteiger partial charge in [-0.15, -0.1) is 0 Å². The molecule has 0 fully saturated rings. The number of hydrogen-bond donors (Lipinski definition) is 3. The Morgan fingerprint density at radius 3 is 2.45 bits per heavy atom. The molecule has 3 N–H and O–H groups in total. The minimum absolute atomic E-state index is 0.0104. The van der Waals surface area contributed by atoms with Gasteiger partial charge in [-0.05, 0) is 63.2 Å². The van der Waals surface area contributed by atoms with E-state index in [1.807, 2.05) is 32.0 Å². The summed E-state index contributed by atoms with van der Waals surface area (Å²) in [6.45, 7) is 4.03. The Morgan fingerprint density at radius 1 is 1.11 bits per heavy atom. The number of carbonyl (C=O) groups excluding carboxylic acids is 1. The number of anilines is 2. The molecule has 2 heterocycles. The Morgan fingerprint density at radius 2 is 1.84 bits per heavy atom. The molecule has 0 saturated carbocycles. The van der Waals surface area contributed by atoms with Gasteiger partial charge in [0.15, 0.2) is 0 Å². The van der Waals surface area contributed by atoms with Crippen LogP contribution in [0.4, 0.5) is 11.6 Å². The molecule has 4 aromatic rings. The van der Waals surface area contributed by atoms with Crippen molar-refractivity contribution in [2.75, 3.05) is 38.9 Å². The van der Waals surface area contributed by atoms with Crippen molar-refractivity contribution in [1.29, 1.82) is 5.26 Å². The fraction of sp³-hybridized carbons (Fsp3) is 0.281. The number of ether oxygens (including phenoxy) is 2. The van der Waals surface area contributed by atoms with E-state index in [2.05, 4.69) is 25.9 Å². The summed E-state index contributed by atoms with van der Waals surface area (Å²) in [6, 6.07) is 14.3. The molecule has 2 aromatic carbocycles. The Balaban J connectivity index is 1.66. The maximum atomic E-state index is 14.0. The molecule has 0 saturated heterocycles. The van der Waals surface area contributed by atoms with E-state index < -0.39 is 11.4 Å². The van der Waals surface area contributed by atoms with Gasteiger partial charge in [0.25, 0.3) is 11.5 Å². The van der Waals surface area contributed by atoms with Crippen molar-refractivity contribution in [1.82, 2.24) is 19.9 Å². The minimum atomic E-state index is -0.519. The van der Waals surface area contributed by atoms with E-state index in [-0.39, 0.29) is 16.2 Å². The maximum Gasteiger partial charge on any atom is 0.266 e. The van der Waals surface area contributed by atoms with Crippen molar-refractivity contribution < 1.29 is 14.3 Å². The first-order valence-corrected chi connectivity index (χ1v) is 14.1. The van der Waals surface area contributed by atoms with Gasteiger partial charge in [0, 0.05) is 53.6 Å². The van der Waals surface area contributed by atoms with E-state index in [4.69, 9.17) is 21.1 Å². The lowest BCUT2D eigenvalue weighted by atomic mass is 10.0. The Kier molecular flexibility index (Phi) is 9.88. The zero-order chi connectivity index (χ0) is 32.0. The van der Waals surface area contributed by atoms with Gasteiger partial charge in [-0.25, -0.2) is 4.98 Å². The van der Waals surface area contributed by atoms with E-state index >= 15 is 0 Å². The quantitative estimate of drug-likeness (QED) is 0.160. The van der Waals surface area contributed by atoms with Crippen molar-refractivity contribution in [2.45, 2.75) is 32.4 Å². The van der Waals surface area contributed by atoms with E-state index in [1.54, 1.807) is 61.3 Å². The van der Waals surface area contributed by atoms with Gasteiger partial charge in [0.05, 0.1) is 19.2 Å². The minimum Gasteiger partial charge on any atom is -0.497 e. The third-order valence-corrected chi connectivity index (χ3v) is 7.55. The Bertz CT molecular complexity index is 1830. The topological polar surface area (TPSA) is 143 Å². The number of likely N-dealkylation sites (N-methyl/N-ethyl adjacent to an activating group) is 1. The largest absolute Gasteiger partial charge is 0.497 e. The Hall–Kier alpha value is -4.92. The lowest BCUT2D eigenvalue weighted by Gasteiger charge is -2.19. The van der Waals surface area contributed by atoms with Crippen molar-refractivity contribution in [3.05, 3.63) is 81.3 Å². The second-order valence-corrected chi connectivity index (χ2v) is 10.8. The number of aryl methyl sites for hydroxylation is 2. The van der Waals surface area contributed by atoms with Crippen LogP contribution in [0.3, 0.4) is 0 Å². The normalized spacial score (nSPS) is 11.6. The van der Waals surface area contributed by atoms with Crippen LogP contribution in [0.5, 0.6) is 11.5 Å². The monoisotopic (exact) mass is 615 g/mol. The molecule has 0 atom stereocenters. The summed E-state index contributed by atoms with van der Waals surface area (Å²) in [7, 11) is 6.49. The molecule has 0 radical (unpaired) electrons. The third kappa shape index (κ3) is 6.99. The standard InChI is InChI=1S/C32H34ClN7O4/c1-32(2,36-4)16-21(17-34)29(41)38-22-9-7-19(8-10-22)11-12-40-28-20(18-37-31(35-3)39-28)13-25(30(40)42)24-14-23(43-5)15-26(44-6)27(24)33/h7-10,13-16,18,36H,11-12H2,1-6H3,(H,38,41)(H,35,37,39). The molecule has 0 unspecified atom stereocenters. The predicted octanol–water partition coefficient (Wildman–Crippen LogP) is 4.80. The highest BCUT2D eigenvalue weighted by Gasteiger charge is 2.20. The lowest BCUT2D eigenvalue weighted by Crippen LogP contribution is -2.35. The smallest absolute Gasteiger partial charge is 0.266 e. The highest BCUT2D eigenvalue weighted by molar-refractivity contribution is 6.35. The summed E-state index contributed by atoms with van der Waals surface area (Å²) in [6.07, 6.45) is 3.73. The van der Waals surface area contributed by atoms with Crippen LogP contribution in [0, 0.1) is 11.3 Å². The molecule has 11 nitrogen and oxygen atoms in total. The van der Waals surface area contributed by atoms with Crippen molar-refractivity contribution in [3.63, 3.8) is 0 Å². The summed E-state index contributed by atoms with van der Waals surface area (Å²) in [5, 5.41) is 19.1. The van der Waals surface area contributed by atoms with Crippen LogP contribution in [-0.2, 0) is 17.8 Å². The molecule has 44 heavy (non-hydrogen) atoms. The first-order chi connectivity index (χ1) is 21.0. The van der Waals surface area contributed by atoms with Crippen LogP contribution in [0.15, 0.2) is 65.1 Å². The Labute approximate surface area is 260 Å². The van der Waals surface area contributed by atoms with Crippen LogP contribution in [0.1, 0.15) is 19.4 Å². The molecule has 1 amide bonds. The summed E-state index contributed by atoms with van der Waals surface area (Å²) in [5.41, 5.74) is 1.94. The molecular formula is C32H34ClN7O4. The van der Waals surface area contributed by atoms with Gasteiger partial charge in [0.1, 0.15) is 28.8 Å². The van der Waals surface area contributed by atoms with E-state index in [0.29, 0.717) is 58.3 Å². The fourth-order valence-electron chi connectivity index (χ4n) is 4.49. The molecule has 0 bridgehead atoms. The van der Waals surface area contributed by atoms with Crippen LogP contribution in [0.2, 0.25) is 5.02 Å². The zero-order valence-corrected chi connectivity index (χ0v) is 26.2. The molecular weight excluding hydrogens is 582 g/mol. The first-order valence-electron chi connectivity index (χ1n) is 13.8. The molecule has 12 heteroatoms. The highest BCUT2D eigenvalue weighted by atomic mass is 35.5. The number of halogens is 1. The second kappa shape index (κ2) is 13.6. The average Bonchev–Trinajstić information content (AvgIpc) is 3.03. The molecule has 0 aliphatic carbocycles. The third-order valence-electron chi connectivity index (χ3n) is 7.16. The number of nitrogens with one attached hydrogen (secondary N) is 3. The number of aromatic nitrogens is 3. The molecule has 0 aliphatic heterocycles. The van der Waals surface area contributed by atoms with Gasteiger partial charge in [-0.3, -0.25) is 14.2 Å². The number of pyridine rings is 1.